The van der Waals surface area contributed by atoms with Gasteiger partial charge in [-0.05, 0) is 51.0 Å². The van der Waals surface area contributed by atoms with E-state index >= 15 is 0 Å². The number of hydrogen-bond donors (Lipinski definition) is 1. The van der Waals surface area contributed by atoms with Gasteiger partial charge in [0.05, 0.1) is 30.1 Å². The molecule has 3 aliphatic heterocycles. The van der Waals surface area contributed by atoms with E-state index in [-0.39, 0.29) is 42.2 Å². The van der Waals surface area contributed by atoms with Gasteiger partial charge in [0.1, 0.15) is 11.6 Å². The minimum Gasteiger partial charge on any atom is -0.394 e. The molecule has 3 amide bonds. The van der Waals surface area contributed by atoms with Crippen molar-refractivity contribution in [2.45, 2.75) is 90.3 Å². The first-order chi connectivity index (χ1) is 19.9. The van der Waals surface area contributed by atoms with Gasteiger partial charge in [0.2, 0.25) is 17.7 Å². The smallest absolute Gasteiger partial charge is 0.248 e. The lowest BCUT2D eigenvalue weighted by Crippen LogP contribution is -2.60. The van der Waals surface area contributed by atoms with Crippen molar-refractivity contribution >= 4 is 17.7 Å². The summed E-state index contributed by atoms with van der Waals surface area (Å²) in [5.41, 5.74) is -1.12. The van der Waals surface area contributed by atoms with Crippen molar-refractivity contribution in [3.63, 3.8) is 0 Å². The topological polar surface area (TPSA) is 90.4 Å². The molecule has 4 rings (SSSR count). The lowest BCUT2D eigenvalue weighted by molar-refractivity contribution is -0.158. The minimum atomic E-state index is -1.17. The Kier molecular flexibility index (Phi) is 9.38. The number of amides is 3. The minimum absolute atomic E-state index is 0.0716. The van der Waals surface area contributed by atoms with Gasteiger partial charge in [-0.25, -0.2) is 0 Å². The number of aliphatic hydroxyl groups is 1. The second-order valence-electron chi connectivity index (χ2n) is 13.3. The molecule has 0 aliphatic carbocycles. The summed E-state index contributed by atoms with van der Waals surface area (Å²) < 4.78 is 6.95. The van der Waals surface area contributed by atoms with Crippen molar-refractivity contribution < 1.29 is 24.2 Å². The predicted molar refractivity (Wildman–Crippen MR) is 163 cm³/mol. The summed E-state index contributed by atoms with van der Waals surface area (Å²) in [6.07, 6.45) is 4.40. The summed E-state index contributed by atoms with van der Waals surface area (Å²) in [5.74, 6) is -2.17. The molecule has 42 heavy (non-hydrogen) atoms. The molecule has 1 spiro atoms. The lowest BCUT2D eigenvalue weighted by atomic mass is 9.62. The van der Waals surface area contributed by atoms with Crippen LogP contribution in [0.2, 0.25) is 0 Å². The van der Waals surface area contributed by atoms with Gasteiger partial charge in [-0.2, -0.15) is 0 Å². The molecule has 0 radical (unpaired) electrons. The fraction of sp³-hybridized carbons (Fsp3) is 0.618. The molecule has 1 N–H and O–H groups in total. The number of aliphatic hydroxyl groups excluding tert-OH is 1. The van der Waals surface area contributed by atoms with Crippen molar-refractivity contribution in [3.8, 4) is 0 Å². The molecule has 3 saturated heterocycles. The van der Waals surface area contributed by atoms with Crippen molar-refractivity contribution in [1.29, 1.82) is 0 Å². The number of nitrogens with zero attached hydrogens (tertiary/aromatic N) is 3. The number of carbonyl (C=O) groups is 3. The van der Waals surface area contributed by atoms with Gasteiger partial charge in [0.15, 0.2) is 0 Å². The number of fused-ring (bicyclic) bond motifs is 1. The molecule has 3 unspecified atom stereocenters. The Morgan fingerprint density at radius 2 is 1.76 bits per heavy atom. The molecule has 230 valence electrons. The Labute approximate surface area is 251 Å². The average Bonchev–Trinajstić information content (AvgIpc) is 3.46. The van der Waals surface area contributed by atoms with E-state index in [2.05, 4.69) is 20.1 Å². The van der Waals surface area contributed by atoms with Crippen LogP contribution in [-0.2, 0) is 25.7 Å². The summed E-state index contributed by atoms with van der Waals surface area (Å²) in [6.45, 7) is 20.4. The first-order valence-corrected chi connectivity index (χ1v) is 15.4. The molecule has 0 aromatic heterocycles. The van der Waals surface area contributed by atoms with Crippen molar-refractivity contribution in [2.24, 2.45) is 23.7 Å². The number of benzene rings is 1. The molecule has 3 fully saturated rings. The molecular weight excluding hydrogens is 530 g/mol. The van der Waals surface area contributed by atoms with Crippen molar-refractivity contribution in [2.75, 3.05) is 19.7 Å². The summed E-state index contributed by atoms with van der Waals surface area (Å²) in [5, 5.41) is 10.6. The van der Waals surface area contributed by atoms with Crippen LogP contribution >= 0.6 is 0 Å². The van der Waals surface area contributed by atoms with Crippen LogP contribution in [0.25, 0.3) is 0 Å². The second-order valence-corrected chi connectivity index (χ2v) is 13.3. The van der Waals surface area contributed by atoms with Crippen LogP contribution in [0.1, 0.15) is 59.9 Å². The SMILES string of the molecule is C=CCN(Cc1ccccc1)C(=O)[C@H]1[C@H]2C(=O)N([C@@H](CO)CC(C)C)C(C(=O)N(CC=C)C(C)C)C23CC(C)[C@]1(C)O3. The zero-order valence-electron chi connectivity index (χ0n) is 26.2. The van der Waals surface area contributed by atoms with Crippen LogP contribution in [-0.4, -0.2) is 86.6 Å². The first-order valence-electron chi connectivity index (χ1n) is 15.4. The average molecular weight is 580 g/mol. The van der Waals surface area contributed by atoms with E-state index in [1.54, 1.807) is 26.9 Å². The standard InChI is InChI=1S/C34H49N3O5/c1-9-16-35(20-25-14-12-11-13-15-25)30(39)27-28-31(40)37(26(21-38)18-22(3)4)29(32(41)36(17-10-2)23(5)6)34(28)19-24(7)33(27,8)42-34/h9-15,22-24,26-29,38H,1-2,16-21H2,3-8H3/t24?,26-,27-,28+,29?,33+,34?/m1/s1. The quantitative estimate of drug-likeness (QED) is 0.356. The Morgan fingerprint density at radius 1 is 1.12 bits per heavy atom. The molecule has 3 heterocycles. The Hall–Kier alpha value is -2.97. The summed E-state index contributed by atoms with van der Waals surface area (Å²) in [6, 6.07) is 8.10. The highest BCUT2D eigenvalue weighted by molar-refractivity contribution is 5.99. The molecule has 0 saturated carbocycles. The van der Waals surface area contributed by atoms with Crippen LogP contribution in [0.3, 0.4) is 0 Å². The third kappa shape index (κ3) is 5.21. The van der Waals surface area contributed by atoms with Gasteiger partial charge in [-0.15, -0.1) is 13.2 Å². The Bertz CT molecular complexity index is 1180. The highest BCUT2D eigenvalue weighted by Gasteiger charge is 2.80. The molecular formula is C34H49N3O5. The molecule has 3 aliphatic rings. The van der Waals surface area contributed by atoms with Crippen LogP contribution in [0.5, 0.6) is 0 Å². The third-order valence-corrected chi connectivity index (χ3v) is 9.71. The molecule has 1 aromatic carbocycles. The fourth-order valence-corrected chi connectivity index (χ4v) is 7.79. The number of ether oxygens (including phenoxy) is 1. The zero-order valence-corrected chi connectivity index (χ0v) is 26.2. The van der Waals surface area contributed by atoms with E-state index in [4.69, 9.17) is 4.74 Å². The maximum absolute atomic E-state index is 14.7. The number of likely N-dealkylation sites (tertiary alicyclic amines) is 1. The third-order valence-electron chi connectivity index (χ3n) is 9.71. The van der Waals surface area contributed by atoms with Gasteiger partial charge < -0.3 is 24.5 Å². The van der Waals surface area contributed by atoms with Gasteiger partial charge in [0.25, 0.3) is 0 Å². The van der Waals surface area contributed by atoms with Crippen molar-refractivity contribution in [1.82, 2.24) is 14.7 Å². The maximum Gasteiger partial charge on any atom is 0.248 e. The monoisotopic (exact) mass is 579 g/mol. The summed E-state index contributed by atoms with van der Waals surface area (Å²) in [4.78, 5) is 48.9. The summed E-state index contributed by atoms with van der Waals surface area (Å²) in [7, 11) is 0. The van der Waals surface area contributed by atoms with E-state index in [0.717, 1.165) is 5.56 Å². The highest BCUT2D eigenvalue weighted by atomic mass is 16.5. The first kappa shape index (κ1) is 32.0. The second kappa shape index (κ2) is 12.3. The van der Waals surface area contributed by atoms with Gasteiger partial charge in [-0.3, -0.25) is 14.4 Å². The normalized spacial score (nSPS) is 30.5. The van der Waals surface area contributed by atoms with Gasteiger partial charge in [0, 0.05) is 25.7 Å². The molecule has 8 nitrogen and oxygen atoms in total. The van der Waals surface area contributed by atoms with Crippen LogP contribution < -0.4 is 0 Å². The lowest BCUT2D eigenvalue weighted by Gasteiger charge is -2.41. The number of hydrogen-bond acceptors (Lipinski definition) is 5. The van der Waals surface area contributed by atoms with E-state index in [9.17, 15) is 19.5 Å². The van der Waals surface area contributed by atoms with Crippen LogP contribution in [0, 0.1) is 23.7 Å². The molecule has 2 bridgehead atoms. The molecule has 8 heteroatoms. The van der Waals surface area contributed by atoms with Gasteiger partial charge >= 0.3 is 0 Å². The fourth-order valence-electron chi connectivity index (χ4n) is 7.79. The Balaban J connectivity index is 1.84. The number of rotatable bonds is 13. The number of carbonyl (C=O) groups excluding carboxylic acids is 3. The zero-order chi connectivity index (χ0) is 31.0. The van der Waals surface area contributed by atoms with E-state index in [1.165, 1.54) is 0 Å². The van der Waals surface area contributed by atoms with Crippen molar-refractivity contribution in [3.05, 3.63) is 61.2 Å². The molecule has 7 atom stereocenters. The highest BCUT2D eigenvalue weighted by Crippen LogP contribution is 2.66. The summed E-state index contributed by atoms with van der Waals surface area (Å²) >= 11 is 0. The van der Waals surface area contributed by atoms with Crippen LogP contribution in [0.15, 0.2) is 55.6 Å². The van der Waals surface area contributed by atoms with Gasteiger partial charge in [-0.1, -0.05) is 63.3 Å². The van der Waals surface area contributed by atoms with E-state index < -0.39 is 35.1 Å². The van der Waals surface area contributed by atoms with Crippen LogP contribution in [0.4, 0.5) is 0 Å². The Morgan fingerprint density at radius 3 is 2.31 bits per heavy atom. The predicted octanol–water partition coefficient (Wildman–Crippen LogP) is 4.04. The maximum atomic E-state index is 14.7. The van der Waals surface area contributed by atoms with E-state index in [0.29, 0.717) is 32.5 Å². The van der Waals surface area contributed by atoms with E-state index in [1.807, 2.05) is 65.0 Å². The largest absolute Gasteiger partial charge is 0.394 e. The molecule has 1 aromatic rings.